The van der Waals surface area contributed by atoms with E-state index in [1.54, 1.807) is 32.6 Å². The second kappa shape index (κ2) is 19.3. The van der Waals surface area contributed by atoms with Gasteiger partial charge < -0.3 is 30.3 Å². The van der Waals surface area contributed by atoms with E-state index in [0.29, 0.717) is 75.4 Å². The number of amides is 4. The largest absolute Gasteiger partial charge is 0.465 e. The van der Waals surface area contributed by atoms with Crippen molar-refractivity contribution in [1.29, 1.82) is 0 Å². The number of benzene rings is 2. The SMILES string of the molecule is Cc1c(Cl)ccc(S(=O)(=O)N(CCc2ccccc2)CC(=O)NCC(=O)N(CCCCNC(=O)OC(C)(C)C)CC2CCN(C(=O)O)CC2)c1Cl. The van der Waals surface area contributed by atoms with Gasteiger partial charge in [0.05, 0.1) is 18.1 Å². The molecule has 0 saturated carbocycles. The van der Waals surface area contributed by atoms with Crippen LogP contribution in [0.2, 0.25) is 10.0 Å². The zero-order valence-electron chi connectivity index (χ0n) is 29.6. The number of sulfonamides is 1. The summed E-state index contributed by atoms with van der Waals surface area (Å²) in [4.78, 5) is 53.0. The Balaban J connectivity index is 1.67. The summed E-state index contributed by atoms with van der Waals surface area (Å²) in [6, 6.07) is 12.0. The first-order chi connectivity index (χ1) is 24.0. The number of carbonyl (C=O) groups excluding carboxylic acids is 3. The number of nitrogens with one attached hydrogen (secondary N) is 2. The standard InChI is InChI=1S/C35H49Cl2N5O8S/c1-25-28(36)12-13-29(32(25)37)51(48,49)42(21-16-26-10-6-5-7-11-26)24-30(43)39-22-31(44)41(23-27-14-19-40(20-15-27)34(46)47)18-9-8-17-38-33(45)50-35(2,3)4/h5-7,10-13,27H,8-9,14-24H2,1-4H3,(H,38,45)(H,39,43)(H,46,47). The number of rotatable bonds is 16. The molecule has 1 aliphatic rings. The Labute approximate surface area is 310 Å². The third-order valence-electron chi connectivity index (χ3n) is 8.39. The lowest BCUT2D eigenvalue weighted by molar-refractivity contribution is -0.133. The van der Waals surface area contributed by atoms with Crippen LogP contribution in [0.25, 0.3) is 0 Å². The number of halogens is 2. The summed E-state index contributed by atoms with van der Waals surface area (Å²) < 4.78 is 34.0. The highest BCUT2D eigenvalue weighted by Gasteiger charge is 2.30. The minimum atomic E-state index is -4.25. The summed E-state index contributed by atoms with van der Waals surface area (Å²) in [7, 11) is -4.25. The monoisotopic (exact) mass is 769 g/mol. The summed E-state index contributed by atoms with van der Waals surface area (Å²) in [5.74, 6) is -0.969. The Bertz CT molecular complexity index is 1610. The van der Waals surface area contributed by atoms with E-state index in [2.05, 4.69) is 10.6 Å². The molecular weight excluding hydrogens is 721 g/mol. The fraction of sp³-hybridized carbons (Fsp3) is 0.543. The average Bonchev–Trinajstić information content (AvgIpc) is 3.07. The number of alkyl carbamates (subject to hydrolysis) is 1. The molecule has 1 saturated heterocycles. The topological polar surface area (TPSA) is 166 Å². The third-order valence-corrected chi connectivity index (χ3v) is 11.3. The second-order valence-electron chi connectivity index (χ2n) is 13.5. The number of piperidine rings is 1. The van der Waals surface area contributed by atoms with Gasteiger partial charge in [0.25, 0.3) is 0 Å². The molecule has 3 N–H and O–H groups in total. The lowest BCUT2D eigenvalue weighted by Gasteiger charge is -2.34. The van der Waals surface area contributed by atoms with Crippen LogP contribution in [0.15, 0.2) is 47.4 Å². The van der Waals surface area contributed by atoms with Crippen molar-refractivity contribution in [3.8, 4) is 0 Å². The Morgan fingerprint density at radius 1 is 0.980 bits per heavy atom. The Hall–Kier alpha value is -3.59. The van der Waals surface area contributed by atoms with Crippen LogP contribution in [0, 0.1) is 12.8 Å². The summed E-state index contributed by atoms with van der Waals surface area (Å²) in [6.45, 7) is 7.76. The van der Waals surface area contributed by atoms with Gasteiger partial charge >= 0.3 is 12.2 Å². The molecule has 0 atom stereocenters. The highest BCUT2D eigenvalue weighted by Crippen LogP contribution is 2.32. The van der Waals surface area contributed by atoms with Gasteiger partial charge in [-0.2, -0.15) is 4.31 Å². The van der Waals surface area contributed by atoms with E-state index in [1.807, 2.05) is 30.3 Å². The molecule has 13 nitrogen and oxygen atoms in total. The highest BCUT2D eigenvalue weighted by molar-refractivity contribution is 7.89. The molecule has 1 heterocycles. The normalized spacial score (nSPS) is 13.9. The molecule has 0 aliphatic carbocycles. The maximum atomic E-state index is 13.9. The molecular formula is C35H49Cl2N5O8S. The van der Waals surface area contributed by atoms with Gasteiger partial charge in [0, 0.05) is 44.3 Å². The van der Waals surface area contributed by atoms with Crippen LogP contribution >= 0.6 is 23.2 Å². The van der Waals surface area contributed by atoms with Gasteiger partial charge in [0.2, 0.25) is 21.8 Å². The number of carboxylic acid groups (broad SMARTS) is 1. The van der Waals surface area contributed by atoms with E-state index in [4.69, 9.17) is 27.9 Å². The van der Waals surface area contributed by atoms with E-state index in [1.165, 1.54) is 17.0 Å². The molecule has 2 aromatic carbocycles. The number of hydrogen-bond acceptors (Lipinski definition) is 7. The van der Waals surface area contributed by atoms with Crippen LogP contribution in [0.5, 0.6) is 0 Å². The fourth-order valence-corrected chi connectivity index (χ4v) is 7.71. The van der Waals surface area contributed by atoms with E-state index in [9.17, 15) is 32.7 Å². The molecule has 282 valence electrons. The summed E-state index contributed by atoms with van der Waals surface area (Å²) in [5, 5.41) is 14.9. The van der Waals surface area contributed by atoms with Gasteiger partial charge in [-0.15, -0.1) is 0 Å². The van der Waals surface area contributed by atoms with Crippen molar-refractivity contribution in [2.75, 3.05) is 52.4 Å². The van der Waals surface area contributed by atoms with Crippen LogP contribution in [0.1, 0.15) is 57.6 Å². The van der Waals surface area contributed by atoms with E-state index in [0.717, 1.165) is 9.87 Å². The molecule has 0 bridgehead atoms. The summed E-state index contributed by atoms with van der Waals surface area (Å²) >= 11 is 12.6. The van der Waals surface area contributed by atoms with Crippen LogP contribution < -0.4 is 10.6 Å². The van der Waals surface area contributed by atoms with Crippen LogP contribution in [0.4, 0.5) is 9.59 Å². The highest BCUT2D eigenvalue weighted by atomic mass is 35.5. The number of ether oxygens (including phenoxy) is 1. The maximum Gasteiger partial charge on any atom is 0.407 e. The summed E-state index contributed by atoms with van der Waals surface area (Å²) in [5.41, 5.74) is 0.642. The Morgan fingerprint density at radius 3 is 2.27 bits per heavy atom. The average molecular weight is 771 g/mol. The van der Waals surface area contributed by atoms with Crippen molar-refractivity contribution >= 4 is 57.2 Å². The molecule has 0 spiro atoms. The van der Waals surface area contributed by atoms with Crippen molar-refractivity contribution in [1.82, 2.24) is 24.7 Å². The number of likely N-dealkylation sites (tertiary alicyclic amines) is 1. The molecule has 3 rings (SSSR count). The fourth-order valence-electron chi connectivity index (χ4n) is 5.53. The van der Waals surface area contributed by atoms with Crippen molar-refractivity contribution in [2.45, 2.75) is 70.3 Å². The Kier molecular flexibility index (Phi) is 15.8. The smallest absolute Gasteiger partial charge is 0.407 e. The van der Waals surface area contributed by atoms with Crippen LogP contribution in [-0.2, 0) is 30.8 Å². The predicted molar refractivity (Wildman–Crippen MR) is 195 cm³/mol. The molecule has 16 heteroatoms. The Morgan fingerprint density at radius 2 is 1.65 bits per heavy atom. The van der Waals surface area contributed by atoms with Gasteiger partial charge in [-0.25, -0.2) is 18.0 Å². The molecule has 1 aliphatic heterocycles. The third kappa shape index (κ3) is 13.5. The van der Waals surface area contributed by atoms with Crippen LogP contribution in [-0.4, -0.2) is 110 Å². The van der Waals surface area contributed by atoms with Gasteiger partial charge in [-0.1, -0.05) is 53.5 Å². The van der Waals surface area contributed by atoms with E-state index in [-0.39, 0.29) is 34.8 Å². The van der Waals surface area contributed by atoms with Crippen molar-refractivity contribution in [2.24, 2.45) is 5.92 Å². The molecule has 4 amide bonds. The first-order valence-electron chi connectivity index (χ1n) is 17.0. The van der Waals surface area contributed by atoms with Crippen molar-refractivity contribution in [3.63, 3.8) is 0 Å². The quantitative estimate of drug-likeness (QED) is 0.197. The summed E-state index contributed by atoms with van der Waals surface area (Å²) in [6.07, 6.45) is 1.11. The molecule has 0 unspecified atom stereocenters. The van der Waals surface area contributed by atoms with Gasteiger partial charge in [0.15, 0.2) is 0 Å². The number of hydrogen-bond donors (Lipinski definition) is 3. The number of nitrogens with zero attached hydrogens (tertiary/aromatic N) is 3. The number of carbonyl (C=O) groups is 4. The van der Waals surface area contributed by atoms with Gasteiger partial charge in [0.1, 0.15) is 10.5 Å². The lowest BCUT2D eigenvalue weighted by atomic mass is 9.96. The number of unbranched alkanes of at least 4 members (excludes halogenated alkanes) is 1. The van der Waals surface area contributed by atoms with Crippen molar-refractivity contribution < 1.29 is 37.4 Å². The van der Waals surface area contributed by atoms with E-state index < -0.39 is 40.3 Å². The molecule has 1 fully saturated rings. The van der Waals surface area contributed by atoms with Crippen molar-refractivity contribution in [3.05, 3.63) is 63.6 Å². The molecule has 0 aromatic heterocycles. The molecule has 2 aromatic rings. The maximum absolute atomic E-state index is 13.9. The first kappa shape index (κ1) is 41.8. The zero-order valence-corrected chi connectivity index (χ0v) is 32.0. The lowest BCUT2D eigenvalue weighted by Crippen LogP contribution is -2.47. The molecule has 0 radical (unpaired) electrons. The predicted octanol–water partition coefficient (Wildman–Crippen LogP) is 5.17. The van der Waals surface area contributed by atoms with E-state index >= 15 is 0 Å². The first-order valence-corrected chi connectivity index (χ1v) is 19.2. The zero-order chi connectivity index (χ0) is 37.8. The minimum Gasteiger partial charge on any atom is -0.465 e. The second-order valence-corrected chi connectivity index (χ2v) is 16.2. The minimum absolute atomic E-state index is 0.0236. The van der Waals surface area contributed by atoms with Gasteiger partial charge in [-0.05, 0) is 89.0 Å². The van der Waals surface area contributed by atoms with Crippen LogP contribution in [0.3, 0.4) is 0 Å². The molecule has 51 heavy (non-hydrogen) atoms. The van der Waals surface area contributed by atoms with Gasteiger partial charge in [-0.3, -0.25) is 9.59 Å².